The second kappa shape index (κ2) is 12.7. The normalized spacial score (nSPS) is 16.7. The van der Waals surface area contributed by atoms with Crippen molar-refractivity contribution in [2.24, 2.45) is 0 Å². The van der Waals surface area contributed by atoms with Crippen molar-refractivity contribution < 1.29 is 72.9 Å². The van der Waals surface area contributed by atoms with Crippen LogP contribution in [-0.4, -0.2) is 101 Å². The van der Waals surface area contributed by atoms with Gasteiger partial charge >= 0.3 is 15.6 Å². The molecule has 15 nitrogen and oxygen atoms in total. The van der Waals surface area contributed by atoms with E-state index in [1.165, 1.54) is 0 Å². The number of phosphoric acid groups is 2. The molecule has 0 aliphatic rings. The van der Waals surface area contributed by atoms with Crippen LogP contribution in [0, 0.1) is 0 Å². The van der Waals surface area contributed by atoms with Crippen molar-refractivity contribution >= 4 is 27.7 Å². The van der Waals surface area contributed by atoms with Gasteiger partial charge in [0.2, 0.25) is 0 Å². The second-order valence-electron chi connectivity index (χ2n) is 4.37. The van der Waals surface area contributed by atoms with Crippen LogP contribution in [0.2, 0.25) is 0 Å². The van der Waals surface area contributed by atoms with E-state index in [1.807, 2.05) is 0 Å². The van der Waals surface area contributed by atoms with Crippen LogP contribution in [0.25, 0.3) is 0 Å². The van der Waals surface area contributed by atoms with E-state index in [0.29, 0.717) is 0 Å². The molecule has 0 aromatic rings. The van der Waals surface area contributed by atoms with Crippen LogP contribution in [0.3, 0.4) is 0 Å². The molecule has 0 aromatic heterocycles. The molecule has 17 heteroatoms. The van der Waals surface area contributed by atoms with Crippen LogP contribution < -0.4 is 0 Å². The number of rotatable bonds is 11. The summed E-state index contributed by atoms with van der Waals surface area (Å²) in [6.45, 7) is -2.89. The molecule has 0 radical (unpaired) electrons. The molecule has 4 atom stereocenters. The lowest BCUT2D eigenvalue weighted by Gasteiger charge is -2.25. The van der Waals surface area contributed by atoms with E-state index in [4.69, 9.17) is 34.9 Å². The van der Waals surface area contributed by atoms with Gasteiger partial charge in [0.05, 0.1) is 13.2 Å². The van der Waals surface area contributed by atoms with E-state index < -0.39 is 65.7 Å². The highest BCUT2D eigenvalue weighted by Gasteiger charge is 2.38. The Labute approximate surface area is 145 Å². The zero-order valence-electron chi connectivity index (χ0n) is 12.9. The van der Waals surface area contributed by atoms with Gasteiger partial charge in [-0.05, 0) is 0 Å². The van der Waals surface area contributed by atoms with Gasteiger partial charge in [-0.25, -0.2) is 9.13 Å². The highest BCUT2D eigenvalue weighted by Crippen LogP contribution is 2.39. The third-order valence-corrected chi connectivity index (χ3v) is 3.17. The number of hydrogen-bond donors (Lipinski definition) is 9. The van der Waals surface area contributed by atoms with E-state index in [1.54, 1.807) is 0 Å². The molecule has 0 saturated heterocycles. The maximum absolute atomic E-state index is 11.2. The standard InChI is InChI=1S/C6H14O12P2.C3H6O3/c7-1-3(8)6(18-20(14,15)16)5(10)4(9)2-17-19(11,12)13;4-1-3(6)2-5/h4-7,9-10H,1-2H2,(H2,11,12,13)(H2,14,15,16);1,3,5-6H,2H2/t4-,5-,6-;/m1./s1. The van der Waals surface area contributed by atoms with Gasteiger partial charge in [0.1, 0.15) is 24.9 Å². The van der Waals surface area contributed by atoms with E-state index in [9.17, 15) is 28.9 Å². The van der Waals surface area contributed by atoms with E-state index in [2.05, 4.69) is 9.05 Å². The zero-order valence-corrected chi connectivity index (χ0v) is 14.7. The predicted octanol–water partition coefficient (Wildman–Crippen LogP) is -4.60. The Morgan fingerprint density at radius 3 is 1.77 bits per heavy atom. The highest BCUT2D eigenvalue weighted by atomic mass is 31.2. The van der Waals surface area contributed by atoms with Crippen molar-refractivity contribution in [2.45, 2.75) is 24.4 Å². The van der Waals surface area contributed by atoms with Gasteiger partial charge in [-0.2, -0.15) is 0 Å². The minimum atomic E-state index is -5.23. The van der Waals surface area contributed by atoms with Crippen molar-refractivity contribution in [3.8, 4) is 0 Å². The number of phosphoric ester groups is 2. The summed E-state index contributed by atoms with van der Waals surface area (Å²) >= 11 is 0. The Kier molecular flexibility index (Phi) is 13.5. The summed E-state index contributed by atoms with van der Waals surface area (Å²) in [5, 5.41) is 43.2. The molecular formula is C9H20O15P2. The van der Waals surface area contributed by atoms with Crippen LogP contribution >= 0.6 is 15.6 Å². The van der Waals surface area contributed by atoms with Gasteiger partial charge in [0.15, 0.2) is 18.2 Å². The van der Waals surface area contributed by atoms with E-state index >= 15 is 0 Å². The summed E-state index contributed by atoms with van der Waals surface area (Å²) in [5.74, 6) is -1.36. The van der Waals surface area contributed by atoms with E-state index in [0.717, 1.165) is 0 Å². The van der Waals surface area contributed by atoms with Gasteiger partial charge in [0, 0.05) is 0 Å². The molecule has 0 fully saturated rings. The van der Waals surface area contributed by atoms with Crippen LogP contribution in [0.15, 0.2) is 0 Å². The van der Waals surface area contributed by atoms with Crippen molar-refractivity contribution in [3.05, 3.63) is 0 Å². The van der Waals surface area contributed by atoms with Crippen LogP contribution in [-0.2, 0) is 27.8 Å². The van der Waals surface area contributed by atoms with Gasteiger partial charge < -0.3 is 49.9 Å². The number of carbonyl (C=O) groups is 2. The lowest BCUT2D eigenvalue weighted by molar-refractivity contribution is -0.141. The molecule has 0 aliphatic carbocycles. The summed E-state index contributed by atoms with van der Waals surface area (Å²) in [5.41, 5.74) is 0. The predicted molar refractivity (Wildman–Crippen MR) is 78.2 cm³/mol. The maximum Gasteiger partial charge on any atom is 0.470 e. The van der Waals surface area contributed by atoms with Crippen molar-refractivity contribution in [2.75, 3.05) is 19.8 Å². The fourth-order valence-corrected chi connectivity index (χ4v) is 1.95. The Balaban J connectivity index is 0. The number of aliphatic hydroxyl groups is 5. The lowest BCUT2D eigenvalue weighted by atomic mass is 10.1. The Morgan fingerprint density at radius 2 is 1.50 bits per heavy atom. The Hall–Kier alpha value is -0.640. The molecule has 156 valence electrons. The number of Topliss-reactive ketones (excluding diaryl/α,β-unsaturated/α-hetero) is 1. The van der Waals surface area contributed by atoms with Crippen molar-refractivity contribution in [1.82, 2.24) is 0 Å². The zero-order chi connectivity index (χ0) is 21.1. The highest BCUT2D eigenvalue weighted by molar-refractivity contribution is 7.46. The molecule has 1 unspecified atom stereocenters. The van der Waals surface area contributed by atoms with Crippen molar-refractivity contribution in [1.29, 1.82) is 0 Å². The second-order valence-corrected chi connectivity index (χ2v) is 6.80. The first-order valence-corrected chi connectivity index (χ1v) is 9.42. The molecule has 26 heavy (non-hydrogen) atoms. The number of ketones is 1. The molecule has 0 heterocycles. The summed E-state index contributed by atoms with van der Waals surface area (Å²) in [6, 6.07) is 0. The molecular weight excluding hydrogens is 410 g/mol. The minimum Gasteiger partial charge on any atom is -0.393 e. The first-order valence-electron chi connectivity index (χ1n) is 6.36. The molecule has 0 spiro atoms. The average molecular weight is 430 g/mol. The third-order valence-electron chi connectivity index (χ3n) is 2.19. The van der Waals surface area contributed by atoms with Crippen molar-refractivity contribution in [3.63, 3.8) is 0 Å². The smallest absolute Gasteiger partial charge is 0.393 e. The molecule has 0 bridgehead atoms. The van der Waals surface area contributed by atoms with Crippen LogP contribution in [0.5, 0.6) is 0 Å². The van der Waals surface area contributed by atoms with Gasteiger partial charge in [-0.3, -0.25) is 13.8 Å². The fraction of sp³-hybridized carbons (Fsp3) is 0.778. The van der Waals surface area contributed by atoms with Gasteiger partial charge in [-0.1, -0.05) is 0 Å². The summed E-state index contributed by atoms with van der Waals surface area (Å²) in [6.07, 6.45) is -7.63. The summed E-state index contributed by atoms with van der Waals surface area (Å²) in [7, 11) is -10.2. The lowest BCUT2D eigenvalue weighted by Crippen LogP contribution is -2.46. The number of hydrogen-bond acceptors (Lipinski definition) is 11. The van der Waals surface area contributed by atoms with Gasteiger partial charge in [0.25, 0.3) is 0 Å². The Bertz CT molecular complexity index is 511. The Morgan fingerprint density at radius 1 is 1.00 bits per heavy atom. The molecule has 0 rings (SSSR count). The quantitative estimate of drug-likeness (QED) is 0.110. The fourth-order valence-electron chi connectivity index (χ4n) is 1.07. The monoisotopic (exact) mass is 430 g/mol. The average Bonchev–Trinajstić information content (AvgIpc) is 2.54. The number of carbonyl (C=O) groups excluding carboxylic acids is 2. The summed E-state index contributed by atoms with van der Waals surface area (Å²) < 4.78 is 28.7. The first-order chi connectivity index (χ1) is 11.7. The third kappa shape index (κ3) is 14.5. The molecule has 0 amide bonds. The molecule has 9 N–H and O–H groups in total. The van der Waals surface area contributed by atoms with Crippen LogP contribution in [0.4, 0.5) is 0 Å². The van der Waals surface area contributed by atoms with Gasteiger partial charge in [-0.15, -0.1) is 0 Å². The SMILES string of the molecule is O=C(CO)[C@@H](OP(=O)(O)O)[C@H](O)[C@H](O)COP(=O)(O)O.O=CC(O)CO. The van der Waals surface area contributed by atoms with Crippen LogP contribution in [0.1, 0.15) is 0 Å². The number of aldehydes is 1. The largest absolute Gasteiger partial charge is 0.470 e. The maximum atomic E-state index is 11.2. The number of aliphatic hydroxyl groups excluding tert-OH is 5. The topological polar surface area (TPSA) is 269 Å². The molecule has 0 aromatic carbocycles. The summed E-state index contributed by atoms with van der Waals surface area (Å²) in [4.78, 5) is 54.3. The minimum absolute atomic E-state index is 0.278. The van der Waals surface area contributed by atoms with E-state index in [-0.39, 0.29) is 6.29 Å². The molecule has 0 saturated carbocycles. The first kappa shape index (κ1) is 27.6. The molecule has 0 aliphatic heterocycles.